The van der Waals surface area contributed by atoms with Gasteiger partial charge in [-0.1, -0.05) is 18.2 Å². The molecule has 0 bridgehead atoms. The molecule has 0 unspecified atom stereocenters. The van der Waals surface area contributed by atoms with Crippen LogP contribution in [0.2, 0.25) is 0 Å². The molecule has 1 aliphatic rings. The van der Waals surface area contributed by atoms with E-state index in [1.165, 1.54) is 5.69 Å². The molecule has 0 saturated carbocycles. The number of carbonyl (C=O) groups is 1. The molecule has 2 N–H and O–H groups in total. The number of para-hydroxylation sites is 1. The van der Waals surface area contributed by atoms with E-state index in [-0.39, 0.29) is 5.91 Å². The third-order valence-corrected chi connectivity index (χ3v) is 4.63. The molecule has 0 radical (unpaired) electrons. The number of rotatable bonds is 7. The van der Waals surface area contributed by atoms with Crippen LogP contribution in [0.3, 0.4) is 0 Å². The molecular formula is C19H27N5O. The van der Waals surface area contributed by atoms with Crippen molar-refractivity contribution >= 4 is 11.6 Å². The van der Waals surface area contributed by atoms with Gasteiger partial charge in [0.2, 0.25) is 0 Å². The number of imidazole rings is 1. The molecule has 6 nitrogen and oxygen atoms in total. The van der Waals surface area contributed by atoms with Crippen LogP contribution in [0.1, 0.15) is 29.2 Å². The summed E-state index contributed by atoms with van der Waals surface area (Å²) in [6, 6.07) is 10.6. The number of anilines is 1. The number of nitrogens with zero attached hydrogens (tertiary/aromatic N) is 3. The molecule has 1 aromatic carbocycles. The van der Waals surface area contributed by atoms with Crippen molar-refractivity contribution in [2.24, 2.45) is 0 Å². The smallest absolute Gasteiger partial charge is 0.269 e. The first-order valence-corrected chi connectivity index (χ1v) is 9.04. The third-order valence-electron chi connectivity index (χ3n) is 4.63. The van der Waals surface area contributed by atoms with Crippen molar-refractivity contribution in [3.05, 3.63) is 48.0 Å². The molecule has 25 heavy (non-hydrogen) atoms. The number of hydrogen-bond acceptors (Lipinski definition) is 4. The summed E-state index contributed by atoms with van der Waals surface area (Å²) in [5.41, 5.74) is 1.86. The van der Waals surface area contributed by atoms with Crippen LogP contribution in [0, 0.1) is 6.92 Å². The van der Waals surface area contributed by atoms with E-state index in [1.807, 2.05) is 6.92 Å². The Morgan fingerprint density at radius 3 is 2.60 bits per heavy atom. The highest BCUT2D eigenvalue weighted by Gasteiger charge is 2.16. The van der Waals surface area contributed by atoms with Crippen LogP contribution in [0.4, 0.5) is 5.69 Å². The maximum atomic E-state index is 11.9. The molecule has 2 heterocycles. The van der Waals surface area contributed by atoms with Gasteiger partial charge in [-0.25, -0.2) is 4.98 Å². The van der Waals surface area contributed by atoms with Crippen LogP contribution >= 0.6 is 0 Å². The number of unbranched alkanes of at least 4 members (excludes halogenated alkanes) is 1. The standard InChI is InChI=1S/C19H27N5O/c1-16-21-15-18(22-16)19(25)20-9-5-6-10-23-11-13-24(14-12-23)17-7-3-2-4-8-17/h2-4,7-8,15H,5-6,9-14H2,1H3,(H,20,25)(H,21,22). The molecule has 1 saturated heterocycles. The zero-order valence-corrected chi connectivity index (χ0v) is 14.9. The molecule has 0 atom stereocenters. The van der Waals surface area contributed by atoms with Gasteiger partial charge in [-0.2, -0.15) is 0 Å². The van der Waals surface area contributed by atoms with Gasteiger partial charge in [-0.3, -0.25) is 9.69 Å². The summed E-state index contributed by atoms with van der Waals surface area (Å²) in [6.45, 7) is 8.03. The second-order valence-electron chi connectivity index (χ2n) is 6.51. The van der Waals surface area contributed by atoms with E-state index in [2.05, 4.69) is 55.4 Å². The van der Waals surface area contributed by atoms with E-state index < -0.39 is 0 Å². The number of hydrogen-bond donors (Lipinski definition) is 2. The topological polar surface area (TPSA) is 64.3 Å². The number of carbonyl (C=O) groups excluding carboxylic acids is 1. The van der Waals surface area contributed by atoms with Crippen molar-refractivity contribution in [2.75, 3.05) is 44.2 Å². The quantitative estimate of drug-likeness (QED) is 0.757. The number of aromatic amines is 1. The van der Waals surface area contributed by atoms with Crippen LogP contribution < -0.4 is 10.2 Å². The van der Waals surface area contributed by atoms with Gasteiger partial charge in [0.05, 0.1) is 6.20 Å². The van der Waals surface area contributed by atoms with Crippen LogP contribution in [-0.4, -0.2) is 60.0 Å². The first kappa shape index (κ1) is 17.5. The van der Waals surface area contributed by atoms with Gasteiger partial charge >= 0.3 is 0 Å². The predicted molar refractivity (Wildman–Crippen MR) is 100.0 cm³/mol. The Labute approximate surface area is 149 Å². The van der Waals surface area contributed by atoms with Crippen LogP contribution in [-0.2, 0) is 0 Å². The molecule has 3 rings (SSSR count). The lowest BCUT2D eigenvalue weighted by Crippen LogP contribution is -2.46. The van der Waals surface area contributed by atoms with Crippen molar-refractivity contribution in [1.29, 1.82) is 0 Å². The third kappa shape index (κ3) is 5.06. The average Bonchev–Trinajstić information content (AvgIpc) is 3.09. The minimum absolute atomic E-state index is 0.0722. The summed E-state index contributed by atoms with van der Waals surface area (Å²) in [5, 5.41) is 2.94. The van der Waals surface area contributed by atoms with Gasteiger partial charge < -0.3 is 15.2 Å². The molecular weight excluding hydrogens is 314 g/mol. The Morgan fingerprint density at radius 1 is 1.16 bits per heavy atom. The number of benzene rings is 1. The SMILES string of the molecule is Cc1ncc(C(=O)NCCCCN2CCN(c3ccccc3)CC2)[nH]1. The Balaban J connectivity index is 1.28. The number of aromatic nitrogens is 2. The molecule has 1 aromatic heterocycles. The van der Waals surface area contributed by atoms with E-state index in [1.54, 1.807) is 6.20 Å². The second kappa shape index (κ2) is 8.67. The zero-order chi connectivity index (χ0) is 17.5. The normalized spacial score (nSPS) is 15.3. The Kier molecular flexibility index (Phi) is 6.06. The number of aryl methyl sites for hydroxylation is 1. The predicted octanol–water partition coefficient (Wildman–Crippen LogP) is 2.05. The molecule has 134 valence electrons. The minimum atomic E-state index is -0.0722. The van der Waals surface area contributed by atoms with Crippen LogP contribution in [0.5, 0.6) is 0 Å². The lowest BCUT2D eigenvalue weighted by Gasteiger charge is -2.36. The Morgan fingerprint density at radius 2 is 1.92 bits per heavy atom. The van der Waals surface area contributed by atoms with Crippen molar-refractivity contribution in [2.45, 2.75) is 19.8 Å². The second-order valence-corrected chi connectivity index (χ2v) is 6.51. The summed E-state index contributed by atoms with van der Waals surface area (Å²) in [7, 11) is 0. The number of piperazine rings is 1. The molecule has 6 heteroatoms. The van der Waals surface area contributed by atoms with Gasteiger partial charge in [0.25, 0.3) is 5.91 Å². The maximum Gasteiger partial charge on any atom is 0.269 e. The van der Waals surface area contributed by atoms with Crippen molar-refractivity contribution in [3.63, 3.8) is 0 Å². The minimum Gasteiger partial charge on any atom is -0.369 e. The van der Waals surface area contributed by atoms with Crippen molar-refractivity contribution in [3.8, 4) is 0 Å². The van der Waals surface area contributed by atoms with Crippen molar-refractivity contribution < 1.29 is 4.79 Å². The van der Waals surface area contributed by atoms with Crippen LogP contribution in [0.15, 0.2) is 36.5 Å². The van der Waals surface area contributed by atoms with Gasteiger partial charge in [0.1, 0.15) is 11.5 Å². The lowest BCUT2D eigenvalue weighted by atomic mass is 10.2. The summed E-state index contributed by atoms with van der Waals surface area (Å²) >= 11 is 0. The first-order valence-electron chi connectivity index (χ1n) is 9.04. The highest BCUT2D eigenvalue weighted by atomic mass is 16.1. The van der Waals surface area contributed by atoms with E-state index in [4.69, 9.17) is 0 Å². The highest BCUT2D eigenvalue weighted by Crippen LogP contribution is 2.15. The molecule has 0 spiro atoms. The molecule has 1 aliphatic heterocycles. The maximum absolute atomic E-state index is 11.9. The van der Waals surface area contributed by atoms with Crippen molar-refractivity contribution in [1.82, 2.24) is 20.2 Å². The highest BCUT2D eigenvalue weighted by molar-refractivity contribution is 5.92. The summed E-state index contributed by atoms with van der Waals surface area (Å²) < 4.78 is 0. The van der Waals surface area contributed by atoms with Gasteiger partial charge in [0.15, 0.2) is 0 Å². The zero-order valence-electron chi connectivity index (χ0n) is 14.9. The number of H-pyrrole nitrogens is 1. The van der Waals surface area contributed by atoms with Crippen LogP contribution in [0.25, 0.3) is 0 Å². The van der Waals surface area contributed by atoms with Gasteiger partial charge in [-0.05, 0) is 38.4 Å². The molecule has 0 aliphatic carbocycles. The number of amides is 1. The van der Waals surface area contributed by atoms with E-state index in [0.29, 0.717) is 12.2 Å². The summed E-state index contributed by atoms with van der Waals surface area (Å²) in [4.78, 5) is 23.9. The molecule has 1 fully saturated rings. The fourth-order valence-electron chi connectivity index (χ4n) is 3.16. The monoisotopic (exact) mass is 341 g/mol. The lowest BCUT2D eigenvalue weighted by molar-refractivity contribution is 0.0948. The largest absolute Gasteiger partial charge is 0.369 e. The molecule has 2 aromatic rings. The fraction of sp³-hybridized carbons (Fsp3) is 0.474. The molecule has 1 amide bonds. The Bertz CT molecular complexity index is 661. The summed E-state index contributed by atoms with van der Waals surface area (Å²) in [5.74, 6) is 0.692. The number of nitrogens with one attached hydrogen (secondary N) is 2. The van der Waals surface area contributed by atoms with E-state index in [9.17, 15) is 4.79 Å². The first-order chi connectivity index (χ1) is 12.2. The van der Waals surface area contributed by atoms with Gasteiger partial charge in [-0.15, -0.1) is 0 Å². The van der Waals surface area contributed by atoms with Gasteiger partial charge in [0, 0.05) is 38.4 Å². The van der Waals surface area contributed by atoms with E-state index in [0.717, 1.165) is 51.4 Å². The average molecular weight is 341 g/mol. The Hall–Kier alpha value is -2.34. The fourth-order valence-corrected chi connectivity index (χ4v) is 3.16. The van der Waals surface area contributed by atoms with E-state index >= 15 is 0 Å². The summed E-state index contributed by atoms with van der Waals surface area (Å²) in [6.07, 6.45) is 3.68.